The molecule has 3 aromatic rings. The number of rotatable bonds is 4. The Balaban J connectivity index is 1.37. The highest BCUT2D eigenvalue weighted by atomic mass is 35.5. The third-order valence-electron chi connectivity index (χ3n) is 6.34. The maximum atomic E-state index is 13.5. The Morgan fingerprint density at radius 1 is 1.25 bits per heavy atom. The van der Waals surface area contributed by atoms with Crippen LogP contribution in [0.5, 0.6) is 0 Å². The molecular weight excluding hydrogens is 511 g/mol. The minimum Gasteiger partial charge on any atom is -0.345 e. The number of carbonyl (C=O) groups excluding carboxylic acids is 1. The number of hydrogen-bond donors (Lipinski definition) is 1. The van der Waals surface area contributed by atoms with Crippen LogP contribution in [0.3, 0.4) is 0 Å². The Morgan fingerprint density at radius 2 is 2.08 bits per heavy atom. The molecule has 0 bridgehead atoms. The van der Waals surface area contributed by atoms with E-state index in [1.54, 1.807) is 18.3 Å². The van der Waals surface area contributed by atoms with E-state index in [9.17, 15) is 18.0 Å². The van der Waals surface area contributed by atoms with Crippen molar-refractivity contribution in [2.75, 3.05) is 19.6 Å². The third-order valence-corrected chi connectivity index (χ3v) is 7.59. The maximum Gasteiger partial charge on any atom is 0.416 e. The Bertz CT molecular complexity index is 1380. The minimum atomic E-state index is -4.52. The van der Waals surface area contributed by atoms with Gasteiger partial charge in [0.15, 0.2) is 5.17 Å². The van der Waals surface area contributed by atoms with Gasteiger partial charge >= 0.3 is 6.18 Å². The van der Waals surface area contributed by atoms with Gasteiger partial charge in [0.2, 0.25) is 0 Å². The number of aliphatic imine (C=N–C) groups is 1. The van der Waals surface area contributed by atoms with E-state index >= 15 is 0 Å². The van der Waals surface area contributed by atoms with Gasteiger partial charge in [0.25, 0.3) is 5.91 Å². The molecule has 1 aromatic heterocycles. The van der Waals surface area contributed by atoms with Crippen LogP contribution in [0.15, 0.2) is 52.5 Å². The van der Waals surface area contributed by atoms with E-state index in [-0.39, 0.29) is 23.0 Å². The molecule has 0 aliphatic carbocycles. The summed E-state index contributed by atoms with van der Waals surface area (Å²) in [5, 5.41) is 9.20. The van der Waals surface area contributed by atoms with Crippen LogP contribution in [-0.4, -0.2) is 51.4 Å². The van der Waals surface area contributed by atoms with E-state index < -0.39 is 11.7 Å². The summed E-state index contributed by atoms with van der Waals surface area (Å²) in [6.45, 7) is 4.59. The van der Waals surface area contributed by atoms with Crippen molar-refractivity contribution in [3.8, 4) is 0 Å². The summed E-state index contributed by atoms with van der Waals surface area (Å²) in [5.74, 6) is -0.262. The summed E-state index contributed by atoms with van der Waals surface area (Å²) < 4.78 is 42.0. The van der Waals surface area contributed by atoms with Crippen LogP contribution < -0.4 is 5.32 Å². The van der Waals surface area contributed by atoms with Gasteiger partial charge in [-0.2, -0.15) is 23.3 Å². The summed E-state index contributed by atoms with van der Waals surface area (Å²) >= 11 is 7.18. The molecule has 0 unspecified atom stereocenters. The minimum absolute atomic E-state index is 0.0303. The van der Waals surface area contributed by atoms with Crippen molar-refractivity contribution in [2.24, 2.45) is 4.99 Å². The van der Waals surface area contributed by atoms with E-state index in [1.165, 1.54) is 28.6 Å². The molecule has 2 aromatic carbocycles. The number of nitrogens with one attached hydrogen (secondary N) is 1. The average Bonchev–Trinajstić information content (AvgIpc) is 3.42. The highest BCUT2D eigenvalue weighted by Gasteiger charge is 2.34. The zero-order chi connectivity index (χ0) is 25.4. The summed E-state index contributed by atoms with van der Waals surface area (Å²) in [7, 11) is 0. The lowest BCUT2D eigenvalue weighted by Gasteiger charge is -2.36. The van der Waals surface area contributed by atoms with Crippen LogP contribution in [0.2, 0.25) is 5.02 Å². The molecule has 11 heteroatoms. The first-order chi connectivity index (χ1) is 17.2. The molecule has 0 radical (unpaired) electrons. The predicted molar refractivity (Wildman–Crippen MR) is 137 cm³/mol. The van der Waals surface area contributed by atoms with Crippen LogP contribution in [0.1, 0.15) is 30.0 Å². The molecule has 0 spiro atoms. The van der Waals surface area contributed by atoms with Crippen molar-refractivity contribution >= 4 is 51.4 Å². The van der Waals surface area contributed by atoms with Crippen LogP contribution in [-0.2, 0) is 17.5 Å². The number of benzene rings is 2. The number of hydrogen-bond acceptors (Lipinski definition) is 5. The second kappa shape index (κ2) is 9.91. The Labute approximate surface area is 215 Å². The first-order valence-corrected chi connectivity index (χ1v) is 12.7. The summed E-state index contributed by atoms with van der Waals surface area (Å²) in [4.78, 5) is 19.6. The molecule has 1 N–H and O–H groups in total. The number of carbonyl (C=O) groups is 1. The van der Waals surface area contributed by atoms with Gasteiger partial charge in [-0.15, -0.1) is 0 Å². The zero-order valence-corrected chi connectivity index (χ0v) is 20.9. The highest BCUT2D eigenvalue weighted by Crippen LogP contribution is 2.35. The van der Waals surface area contributed by atoms with Gasteiger partial charge < -0.3 is 10.2 Å². The smallest absolute Gasteiger partial charge is 0.345 e. The molecule has 2 aliphatic heterocycles. The monoisotopic (exact) mass is 533 g/mol. The molecule has 1 saturated heterocycles. The van der Waals surface area contributed by atoms with Crippen molar-refractivity contribution in [1.29, 1.82) is 0 Å². The molecule has 1 atom stereocenters. The molecular formula is C25H23ClF3N5OS. The van der Waals surface area contributed by atoms with Gasteiger partial charge in [-0.1, -0.05) is 30.7 Å². The fraction of sp³-hybridized carbons (Fsp3) is 0.320. The van der Waals surface area contributed by atoms with Crippen molar-refractivity contribution in [2.45, 2.75) is 32.1 Å². The molecule has 3 heterocycles. The topological polar surface area (TPSA) is 62.5 Å². The number of alkyl halides is 3. The SMILES string of the molecule is CC[C@H]1CNCCN1C1=NC(=O)/C(=C/c2ccc3c(cnn3Cc3ccc(Cl)cc3C(F)(F)F)c2)S1. The van der Waals surface area contributed by atoms with Crippen LogP contribution in [0.25, 0.3) is 17.0 Å². The second-order valence-corrected chi connectivity index (χ2v) is 10.1. The average molecular weight is 534 g/mol. The largest absolute Gasteiger partial charge is 0.416 e. The number of piperazine rings is 1. The fourth-order valence-corrected chi connectivity index (χ4v) is 5.67. The number of fused-ring (bicyclic) bond motifs is 1. The van der Waals surface area contributed by atoms with Crippen LogP contribution in [0, 0.1) is 0 Å². The Hall–Kier alpha value is -2.82. The van der Waals surface area contributed by atoms with Crippen LogP contribution >= 0.6 is 23.4 Å². The number of amides is 1. The summed E-state index contributed by atoms with van der Waals surface area (Å²) in [5.41, 5.74) is 0.791. The first-order valence-electron chi connectivity index (χ1n) is 11.5. The first kappa shape index (κ1) is 24.9. The third kappa shape index (κ3) is 5.02. The van der Waals surface area contributed by atoms with E-state index in [0.29, 0.717) is 16.5 Å². The normalized spacial score (nSPS) is 20.0. The Kier molecular flexibility index (Phi) is 6.84. The molecule has 1 amide bonds. The molecule has 0 saturated carbocycles. The molecule has 5 rings (SSSR count). The number of amidine groups is 1. The standard InChI is InChI=1S/C25H23ClF3N5OS/c1-2-19-13-30-7-8-33(19)24-32-23(35)22(36-24)10-15-3-6-21-17(9-15)12-31-34(21)14-16-4-5-18(26)11-20(16)25(27,28)29/h3-6,9-12,19,30H,2,7-8,13-14H2,1H3/b22-10-/t19-/m0/s1. The van der Waals surface area contributed by atoms with Crippen molar-refractivity contribution in [1.82, 2.24) is 20.0 Å². The van der Waals surface area contributed by atoms with Gasteiger partial charge in [-0.3, -0.25) is 9.48 Å². The number of aromatic nitrogens is 2. The second-order valence-electron chi connectivity index (χ2n) is 8.69. The molecule has 6 nitrogen and oxygen atoms in total. The maximum absolute atomic E-state index is 13.5. The molecule has 1 fully saturated rings. The van der Waals surface area contributed by atoms with Gasteiger partial charge in [0.05, 0.1) is 28.7 Å². The molecule has 36 heavy (non-hydrogen) atoms. The van der Waals surface area contributed by atoms with Crippen molar-refractivity contribution < 1.29 is 18.0 Å². The highest BCUT2D eigenvalue weighted by molar-refractivity contribution is 8.18. The van der Waals surface area contributed by atoms with Gasteiger partial charge in [0.1, 0.15) is 0 Å². The number of thioether (sulfide) groups is 1. The van der Waals surface area contributed by atoms with Gasteiger partial charge in [-0.25, -0.2) is 0 Å². The van der Waals surface area contributed by atoms with Gasteiger partial charge in [-0.05, 0) is 59.7 Å². The van der Waals surface area contributed by atoms with Crippen molar-refractivity contribution in [3.63, 3.8) is 0 Å². The van der Waals surface area contributed by atoms with E-state index in [0.717, 1.165) is 48.2 Å². The van der Waals surface area contributed by atoms with E-state index in [4.69, 9.17) is 11.6 Å². The quantitative estimate of drug-likeness (QED) is 0.454. The van der Waals surface area contributed by atoms with Gasteiger partial charge in [0, 0.05) is 36.1 Å². The summed E-state index contributed by atoms with van der Waals surface area (Å²) in [6.07, 6.45) is -0.152. The lowest BCUT2D eigenvalue weighted by atomic mass is 10.1. The van der Waals surface area contributed by atoms with Crippen molar-refractivity contribution in [3.05, 3.63) is 69.2 Å². The molecule has 188 valence electrons. The molecule has 2 aliphatic rings. The van der Waals surface area contributed by atoms with E-state index in [1.807, 2.05) is 12.1 Å². The lowest BCUT2D eigenvalue weighted by Crippen LogP contribution is -2.52. The Morgan fingerprint density at radius 3 is 2.86 bits per heavy atom. The number of nitrogens with zero attached hydrogens (tertiary/aromatic N) is 4. The van der Waals surface area contributed by atoms with E-state index in [2.05, 4.69) is 27.2 Å². The fourth-order valence-electron chi connectivity index (χ4n) is 4.48. The lowest BCUT2D eigenvalue weighted by molar-refractivity contribution is -0.138. The van der Waals surface area contributed by atoms with Crippen LogP contribution in [0.4, 0.5) is 13.2 Å². The zero-order valence-electron chi connectivity index (χ0n) is 19.3. The predicted octanol–water partition coefficient (Wildman–Crippen LogP) is 5.41. The summed E-state index contributed by atoms with van der Waals surface area (Å²) in [6, 6.07) is 9.54. The number of halogens is 4.